The molecule has 17 nitrogen and oxygen atoms in total. The molecular formula is C15H40BrN17. The summed E-state index contributed by atoms with van der Waals surface area (Å²) in [5, 5.41) is 3.33. The highest BCUT2D eigenvalue weighted by Crippen LogP contribution is 2.32. The van der Waals surface area contributed by atoms with Gasteiger partial charge >= 0.3 is 0 Å². The fraction of sp³-hybridized carbons (Fsp3) is 0.600. The summed E-state index contributed by atoms with van der Waals surface area (Å²) < 4.78 is 0. The largest absolute Gasteiger partial charge is 0.353 e. The third-order valence-electron chi connectivity index (χ3n) is 6.15. The molecule has 0 aliphatic rings. The Morgan fingerprint density at radius 1 is 0.606 bits per heavy atom. The Morgan fingerprint density at radius 2 is 0.970 bits per heavy atom. The highest BCUT2D eigenvalue weighted by Gasteiger charge is 2.71. The highest BCUT2D eigenvalue weighted by molar-refractivity contribution is 9.08. The zero-order chi connectivity index (χ0) is 26.5. The van der Waals surface area contributed by atoms with Gasteiger partial charge < -0.3 is 85.6 Å². The van der Waals surface area contributed by atoms with E-state index in [0.29, 0.717) is 11.0 Å². The molecule has 192 valence electrons. The maximum atomic E-state index is 6.22. The topological polar surface area (TPSA) is 428 Å². The van der Waals surface area contributed by atoms with Gasteiger partial charge in [-0.15, -0.1) is 0 Å². The summed E-state index contributed by atoms with van der Waals surface area (Å²) in [6, 6.07) is 6.84. The Hall–Kier alpha value is -1.14. The van der Waals surface area contributed by atoms with Crippen molar-refractivity contribution in [2.24, 2.45) is 91.7 Å². The van der Waals surface area contributed by atoms with Crippen LogP contribution < -0.4 is 97.1 Å². The van der Waals surface area contributed by atoms with Crippen LogP contribution in [0.5, 0.6) is 0 Å². The average Bonchev–Trinajstić information content (AvgIpc) is 2.67. The van der Waals surface area contributed by atoms with Gasteiger partial charge in [-0.05, 0) is 17.7 Å². The molecule has 0 fully saturated rings. The van der Waals surface area contributed by atoms with E-state index in [2.05, 4.69) is 21.2 Å². The molecule has 0 unspecified atom stereocenters. The monoisotopic (exact) mass is 537 g/mol. The van der Waals surface area contributed by atoms with Gasteiger partial charge in [0.05, 0.1) is 6.17 Å². The molecule has 0 saturated carbocycles. The molecule has 0 bridgehead atoms. The highest BCUT2D eigenvalue weighted by atomic mass is 79.9. The third kappa shape index (κ3) is 4.47. The summed E-state index contributed by atoms with van der Waals surface area (Å²) >= 11 is 3.33. The number of halogens is 1. The lowest BCUT2D eigenvalue weighted by molar-refractivity contribution is -0.0313. The van der Waals surface area contributed by atoms with Crippen molar-refractivity contribution in [2.45, 2.75) is 51.3 Å². The van der Waals surface area contributed by atoms with Crippen molar-refractivity contribution in [3.63, 3.8) is 0 Å². The van der Waals surface area contributed by atoms with E-state index >= 15 is 0 Å². The van der Waals surface area contributed by atoms with Crippen LogP contribution in [0.2, 0.25) is 0 Å². The van der Waals surface area contributed by atoms with Crippen LogP contribution in [-0.2, 0) is 5.33 Å². The van der Waals surface area contributed by atoms with Crippen molar-refractivity contribution in [1.29, 1.82) is 0 Å². The van der Waals surface area contributed by atoms with E-state index < -0.39 is 45.9 Å². The molecule has 0 radical (unpaired) electrons. The van der Waals surface area contributed by atoms with Crippen molar-refractivity contribution in [2.75, 3.05) is 5.32 Å². The summed E-state index contributed by atoms with van der Waals surface area (Å²) in [6.07, 6.45) is -1.55. The van der Waals surface area contributed by atoms with E-state index in [-0.39, 0.29) is 0 Å². The van der Waals surface area contributed by atoms with E-state index in [1.807, 2.05) is 0 Å². The van der Waals surface area contributed by atoms with Crippen LogP contribution in [0.15, 0.2) is 24.3 Å². The molecule has 0 aliphatic heterocycles. The Bertz CT molecular complexity index is 814. The van der Waals surface area contributed by atoms with Gasteiger partial charge in [-0.2, -0.15) is 0 Å². The summed E-state index contributed by atoms with van der Waals surface area (Å²) in [5.74, 6) is -2.27. The zero-order valence-corrected chi connectivity index (χ0v) is 19.8. The van der Waals surface area contributed by atoms with Gasteiger partial charge in [0.15, 0.2) is 11.4 Å². The summed E-state index contributed by atoms with van der Waals surface area (Å²) in [6.45, 7) is 0. The Morgan fingerprint density at radius 3 is 1.33 bits per heavy atom. The molecule has 0 aliphatic carbocycles. The van der Waals surface area contributed by atoms with E-state index in [4.69, 9.17) is 91.7 Å². The number of hydrogen-bond acceptors (Lipinski definition) is 17. The first-order chi connectivity index (χ1) is 14.5. The SMILES string of the molecule is NC(N)C(N)(N)C(N)(N)C(N)(N)C(N)(N)C(N)(N)C(N)(N)C(N)(N)Nc1ccc(CBr)cc1. The number of alkyl halides is 1. The number of benzene rings is 1. The molecule has 18 heteroatoms. The summed E-state index contributed by atoms with van der Waals surface area (Å²) in [5.41, 5.74) is 82.5. The normalized spacial score (nSPS) is 15.2. The number of nitrogens with one attached hydrogen (secondary N) is 1. The van der Waals surface area contributed by atoms with Crippen molar-refractivity contribution in [3.8, 4) is 0 Å². The van der Waals surface area contributed by atoms with Crippen LogP contribution in [0.4, 0.5) is 5.69 Å². The maximum Gasteiger partial charge on any atom is 0.174 e. The third-order valence-corrected chi connectivity index (χ3v) is 6.80. The first kappa shape index (κ1) is 29.9. The first-order valence-electron chi connectivity index (χ1n) is 9.44. The van der Waals surface area contributed by atoms with Gasteiger partial charge in [0.2, 0.25) is 0 Å². The lowest BCUT2D eigenvalue weighted by Gasteiger charge is -2.63. The van der Waals surface area contributed by atoms with Crippen LogP contribution in [-0.4, -0.2) is 45.9 Å². The van der Waals surface area contributed by atoms with Crippen LogP contribution in [0.1, 0.15) is 5.56 Å². The predicted octanol–water partition coefficient (Wildman–Crippen LogP) is -8.51. The van der Waals surface area contributed by atoms with Gasteiger partial charge in [-0.1, -0.05) is 28.1 Å². The molecule has 0 heterocycles. The average molecular weight is 539 g/mol. The molecule has 0 amide bonds. The van der Waals surface area contributed by atoms with Gasteiger partial charge in [0.1, 0.15) is 28.3 Å². The minimum Gasteiger partial charge on any atom is -0.353 e. The van der Waals surface area contributed by atoms with Crippen molar-refractivity contribution in [3.05, 3.63) is 29.8 Å². The van der Waals surface area contributed by atoms with Crippen LogP contribution >= 0.6 is 15.9 Å². The fourth-order valence-corrected chi connectivity index (χ4v) is 3.40. The van der Waals surface area contributed by atoms with Gasteiger partial charge in [-0.25, -0.2) is 0 Å². The molecule has 0 aromatic heterocycles. The van der Waals surface area contributed by atoms with E-state index in [1.165, 1.54) is 0 Å². The summed E-state index contributed by atoms with van der Waals surface area (Å²) in [7, 11) is 0. The zero-order valence-electron chi connectivity index (χ0n) is 18.2. The van der Waals surface area contributed by atoms with Gasteiger partial charge in [0.25, 0.3) is 0 Å². The van der Waals surface area contributed by atoms with Crippen LogP contribution in [0.25, 0.3) is 0 Å². The molecule has 1 rings (SSSR count). The van der Waals surface area contributed by atoms with E-state index in [9.17, 15) is 0 Å². The number of hydrogen-bond donors (Lipinski definition) is 17. The molecule has 0 saturated heterocycles. The van der Waals surface area contributed by atoms with Crippen molar-refractivity contribution < 1.29 is 0 Å². The Balaban J connectivity index is 3.50. The minimum absolute atomic E-state index is 0.399. The fourth-order valence-electron chi connectivity index (χ4n) is 3.02. The number of rotatable bonds is 10. The Kier molecular flexibility index (Phi) is 7.99. The molecular weight excluding hydrogens is 498 g/mol. The van der Waals surface area contributed by atoms with Crippen LogP contribution in [0.3, 0.4) is 0 Å². The molecule has 1 aromatic rings. The minimum atomic E-state index is -2.77. The molecule has 1 aromatic carbocycles. The molecule has 33 N–H and O–H groups in total. The number of nitrogens with two attached hydrogens (primary N) is 16. The quantitative estimate of drug-likeness (QED) is 0.0970. The van der Waals surface area contributed by atoms with E-state index in [0.717, 1.165) is 5.56 Å². The van der Waals surface area contributed by atoms with Crippen molar-refractivity contribution >= 4 is 21.6 Å². The summed E-state index contributed by atoms with van der Waals surface area (Å²) in [4.78, 5) is 0. The second kappa shape index (κ2) is 8.82. The Labute approximate surface area is 200 Å². The first-order valence-corrected chi connectivity index (χ1v) is 10.6. The lowest BCUT2D eigenvalue weighted by atomic mass is 9.66. The smallest absolute Gasteiger partial charge is 0.174 e. The standard InChI is InChI=1S/C15H40BrN17/c16-5-6-1-3-7(4-2-6)33-15(31,32)14(29,30)13(27,28)12(25,26)11(23,24)10(21,22)9(19,20)8(17)18/h1-4,8,33H,5,17-32H2. The predicted molar refractivity (Wildman–Crippen MR) is 133 cm³/mol. The van der Waals surface area contributed by atoms with Crippen molar-refractivity contribution in [1.82, 2.24) is 0 Å². The lowest BCUT2D eigenvalue weighted by Crippen LogP contribution is -3.07. The van der Waals surface area contributed by atoms with Crippen LogP contribution in [0, 0.1) is 0 Å². The van der Waals surface area contributed by atoms with Gasteiger partial charge in [0, 0.05) is 11.0 Å². The molecule has 33 heavy (non-hydrogen) atoms. The second-order valence-electron chi connectivity index (χ2n) is 8.63. The maximum absolute atomic E-state index is 6.22. The number of anilines is 1. The van der Waals surface area contributed by atoms with E-state index in [1.54, 1.807) is 24.3 Å². The second-order valence-corrected chi connectivity index (χ2v) is 9.19. The molecule has 0 spiro atoms. The van der Waals surface area contributed by atoms with Gasteiger partial charge in [-0.3, -0.25) is 11.5 Å². The molecule has 0 atom stereocenters.